The number of aryl methyl sites for hydroxylation is 1. The number of hydrogen-bond donors (Lipinski definition) is 2. The Balaban J connectivity index is 2.00. The van der Waals surface area contributed by atoms with Gasteiger partial charge in [0.05, 0.1) is 6.54 Å². The number of nitrogens with zero attached hydrogens (tertiary/aromatic N) is 4. The van der Waals surface area contributed by atoms with Crippen molar-refractivity contribution in [2.24, 2.45) is 20.0 Å². The highest BCUT2D eigenvalue weighted by molar-refractivity contribution is 6.30. The minimum absolute atomic E-state index is 0.0391. The highest BCUT2D eigenvalue weighted by Crippen LogP contribution is 2.19. The summed E-state index contributed by atoms with van der Waals surface area (Å²) >= 11 is 5.98. The second-order valence-electron chi connectivity index (χ2n) is 7.40. The lowest BCUT2D eigenvalue weighted by Crippen LogP contribution is -2.37. The third kappa shape index (κ3) is 4.25. The van der Waals surface area contributed by atoms with Gasteiger partial charge in [0.25, 0.3) is 5.56 Å². The van der Waals surface area contributed by atoms with Gasteiger partial charge < -0.3 is 10.6 Å². The summed E-state index contributed by atoms with van der Waals surface area (Å²) in [6.07, 6.45) is 0. The lowest BCUT2D eigenvalue weighted by Gasteiger charge is -2.12. The van der Waals surface area contributed by atoms with Gasteiger partial charge in [-0.2, -0.15) is 4.98 Å². The van der Waals surface area contributed by atoms with Crippen LogP contribution in [0.3, 0.4) is 0 Å². The Morgan fingerprint density at radius 3 is 2.40 bits per heavy atom. The van der Waals surface area contributed by atoms with Crippen molar-refractivity contribution in [3.63, 3.8) is 0 Å². The van der Waals surface area contributed by atoms with Crippen molar-refractivity contribution in [1.82, 2.24) is 24.0 Å². The predicted octanol–water partition coefficient (Wildman–Crippen LogP) is 1.32. The molecule has 2 aromatic heterocycles. The third-order valence-corrected chi connectivity index (χ3v) is 5.09. The van der Waals surface area contributed by atoms with Gasteiger partial charge in [-0.25, -0.2) is 4.79 Å². The fourth-order valence-electron chi connectivity index (χ4n) is 3.07. The monoisotopic (exact) mass is 432 g/mol. The van der Waals surface area contributed by atoms with Crippen LogP contribution in [-0.2, 0) is 25.4 Å². The van der Waals surface area contributed by atoms with Crippen LogP contribution in [0.25, 0.3) is 11.2 Å². The number of amides is 1. The molecule has 0 radical (unpaired) electrons. The molecule has 0 aliphatic carbocycles. The van der Waals surface area contributed by atoms with Gasteiger partial charge in [0, 0.05) is 38.1 Å². The average Bonchev–Trinajstić information content (AvgIpc) is 3.07. The van der Waals surface area contributed by atoms with Crippen LogP contribution >= 0.6 is 11.6 Å². The first-order chi connectivity index (χ1) is 14.2. The molecule has 2 N–H and O–H groups in total. The Labute approximate surface area is 178 Å². The normalized spacial score (nSPS) is 11.3. The number of anilines is 1. The molecule has 2 heterocycles. The summed E-state index contributed by atoms with van der Waals surface area (Å²) in [7, 11) is 3.02. The lowest BCUT2D eigenvalue weighted by atomic mass is 10.2. The molecule has 0 atom stereocenters. The second-order valence-corrected chi connectivity index (χ2v) is 7.83. The highest BCUT2D eigenvalue weighted by atomic mass is 35.5. The maximum atomic E-state index is 12.9. The van der Waals surface area contributed by atoms with Gasteiger partial charge in [-0.05, 0) is 17.7 Å². The van der Waals surface area contributed by atoms with E-state index in [1.807, 2.05) is 26.0 Å². The molecule has 1 amide bonds. The van der Waals surface area contributed by atoms with Crippen LogP contribution in [0.2, 0.25) is 5.02 Å². The summed E-state index contributed by atoms with van der Waals surface area (Å²) in [6, 6.07) is 7.29. The predicted molar refractivity (Wildman–Crippen MR) is 117 cm³/mol. The van der Waals surface area contributed by atoms with Gasteiger partial charge in [0.1, 0.15) is 0 Å². The summed E-state index contributed by atoms with van der Waals surface area (Å²) in [5.74, 6) is 0.303. The van der Waals surface area contributed by atoms with E-state index < -0.39 is 11.2 Å². The first-order valence-corrected chi connectivity index (χ1v) is 10.0. The van der Waals surface area contributed by atoms with E-state index in [9.17, 15) is 14.4 Å². The zero-order valence-electron chi connectivity index (χ0n) is 17.4. The molecule has 160 valence electrons. The molecule has 0 aliphatic heterocycles. The fraction of sp³-hybridized carbons (Fsp3) is 0.400. The van der Waals surface area contributed by atoms with Gasteiger partial charge >= 0.3 is 5.69 Å². The third-order valence-electron chi connectivity index (χ3n) is 4.83. The van der Waals surface area contributed by atoms with Crippen LogP contribution in [0.15, 0.2) is 33.9 Å². The second kappa shape index (κ2) is 8.74. The minimum Gasteiger partial charge on any atom is -0.354 e. The van der Waals surface area contributed by atoms with Crippen molar-refractivity contribution in [2.75, 3.05) is 18.4 Å². The molecule has 0 saturated carbocycles. The number of aromatic nitrogens is 4. The van der Waals surface area contributed by atoms with Crippen molar-refractivity contribution >= 4 is 34.6 Å². The standard InChI is InChI=1S/C20H25ClN6O3/c1-12(2)17(28)22-9-10-23-19-24-16-15(18(29)26(4)20(30)25(16)3)27(19)11-13-5-7-14(21)8-6-13/h5-8,12H,9-11H2,1-4H3,(H,22,28)(H,23,24). The number of carbonyl (C=O) groups excluding carboxylic acids is 1. The molecular weight excluding hydrogens is 408 g/mol. The van der Waals surface area contributed by atoms with E-state index in [-0.39, 0.29) is 11.8 Å². The summed E-state index contributed by atoms with van der Waals surface area (Å²) in [6.45, 7) is 4.83. The van der Waals surface area contributed by atoms with Crippen LogP contribution in [-0.4, -0.2) is 37.7 Å². The molecule has 0 saturated heterocycles. The molecule has 1 aromatic carbocycles. The summed E-state index contributed by atoms with van der Waals surface area (Å²) < 4.78 is 4.15. The van der Waals surface area contributed by atoms with E-state index in [0.717, 1.165) is 10.1 Å². The first-order valence-electron chi connectivity index (χ1n) is 9.63. The Bertz CT molecular complexity index is 1190. The topological polar surface area (TPSA) is 103 Å². The molecule has 0 aliphatic rings. The molecule has 0 fully saturated rings. The summed E-state index contributed by atoms with van der Waals surface area (Å²) in [5, 5.41) is 6.62. The largest absolute Gasteiger partial charge is 0.354 e. The Kier molecular flexibility index (Phi) is 6.31. The smallest absolute Gasteiger partial charge is 0.332 e. The minimum atomic E-state index is -0.445. The molecule has 0 spiro atoms. The van der Waals surface area contributed by atoms with Gasteiger partial charge in [0.15, 0.2) is 11.2 Å². The highest BCUT2D eigenvalue weighted by Gasteiger charge is 2.19. The van der Waals surface area contributed by atoms with Gasteiger partial charge in [-0.15, -0.1) is 0 Å². The van der Waals surface area contributed by atoms with Gasteiger partial charge in [-0.3, -0.25) is 23.3 Å². The van der Waals surface area contributed by atoms with Crippen molar-refractivity contribution in [1.29, 1.82) is 0 Å². The number of imidazole rings is 1. The van der Waals surface area contributed by atoms with E-state index in [1.165, 1.54) is 11.6 Å². The first kappa shape index (κ1) is 21.6. The maximum Gasteiger partial charge on any atom is 0.332 e. The number of nitrogens with one attached hydrogen (secondary N) is 2. The molecule has 10 heteroatoms. The van der Waals surface area contributed by atoms with Crippen molar-refractivity contribution in [3.05, 3.63) is 55.7 Å². The number of carbonyl (C=O) groups is 1. The van der Waals surface area contributed by atoms with Crippen molar-refractivity contribution in [2.45, 2.75) is 20.4 Å². The number of benzene rings is 1. The van der Waals surface area contributed by atoms with Crippen LogP contribution in [0.1, 0.15) is 19.4 Å². The molecule has 3 aromatic rings. The summed E-state index contributed by atoms with van der Waals surface area (Å²) in [5.41, 5.74) is 0.676. The zero-order valence-corrected chi connectivity index (χ0v) is 18.2. The van der Waals surface area contributed by atoms with Crippen molar-refractivity contribution < 1.29 is 4.79 Å². The fourth-order valence-corrected chi connectivity index (χ4v) is 3.20. The zero-order chi connectivity index (χ0) is 22.0. The van der Waals surface area contributed by atoms with Gasteiger partial charge in [-0.1, -0.05) is 37.6 Å². The molecule has 0 unspecified atom stereocenters. The Morgan fingerprint density at radius 2 is 1.77 bits per heavy atom. The molecule has 3 rings (SSSR count). The van der Waals surface area contributed by atoms with Crippen LogP contribution in [0.5, 0.6) is 0 Å². The van der Waals surface area contributed by atoms with Crippen LogP contribution < -0.4 is 21.9 Å². The van der Waals surface area contributed by atoms with E-state index in [2.05, 4.69) is 15.6 Å². The quantitative estimate of drug-likeness (QED) is 0.548. The van der Waals surface area contributed by atoms with Crippen LogP contribution in [0, 0.1) is 5.92 Å². The van der Waals surface area contributed by atoms with Crippen LogP contribution in [0.4, 0.5) is 5.95 Å². The number of rotatable bonds is 7. The molecule has 30 heavy (non-hydrogen) atoms. The van der Waals surface area contributed by atoms with E-state index in [0.29, 0.717) is 41.8 Å². The van der Waals surface area contributed by atoms with E-state index in [1.54, 1.807) is 23.7 Å². The Morgan fingerprint density at radius 1 is 1.10 bits per heavy atom. The SMILES string of the molecule is CC(C)C(=O)NCCNc1nc2c(c(=O)n(C)c(=O)n2C)n1Cc1ccc(Cl)cc1. The average molecular weight is 433 g/mol. The number of halogens is 1. The lowest BCUT2D eigenvalue weighted by molar-refractivity contribution is -0.123. The summed E-state index contributed by atoms with van der Waals surface area (Å²) in [4.78, 5) is 41.4. The molecule has 0 bridgehead atoms. The molecular formula is C20H25ClN6O3. The number of hydrogen-bond acceptors (Lipinski definition) is 5. The Hall–Kier alpha value is -3.07. The molecule has 9 nitrogen and oxygen atoms in total. The van der Waals surface area contributed by atoms with E-state index >= 15 is 0 Å². The maximum absolute atomic E-state index is 12.9. The van der Waals surface area contributed by atoms with Crippen molar-refractivity contribution in [3.8, 4) is 0 Å². The van der Waals surface area contributed by atoms with Gasteiger partial charge in [0.2, 0.25) is 11.9 Å². The number of fused-ring (bicyclic) bond motifs is 1. The van der Waals surface area contributed by atoms with E-state index in [4.69, 9.17) is 11.6 Å².